The zero-order chi connectivity index (χ0) is 59.6. The maximum Gasteiger partial charge on any atom is 0.333 e. The molecule has 0 unspecified atom stereocenters. The largest absolute Gasteiger partial charge is 0.478 e. The number of nitrogens with two attached hydrogens (primary N) is 3. The van der Waals surface area contributed by atoms with E-state index in [0.717, 1.165) is 25.7 Å². The number of carboxylic acid groups (broad SMARTS) is 1. The molecule has 0 heterocycles. The molecular weight excluding hydrogens is 1030 g/mol. The summed E-state index contributed by atoms with van der Waals surface area (Å²) in [5.41, 5.74) is 36.9. The monoisotopic (exact) mass is 1120 g/mol. The van der Waals surface area contributed by atoms with Gasteiger partial charge in [0, 0.05) is 89.5 Å². The van der Waals surface area contributed by atoms with Gasteiger partial charge in [-0.3, -0.25) is 14.9 Å². The summed E-state index contributed by atoms with van der Waals surface area (Å²) >= 11 is 0. The second kappa shape index (κ2) is 39.4. The molecule has 4 rings (SSSR count). The van der Waals surface area contributed by atoms with Crippen molar-refractivity contribution in [2.45, 2.75) is 198 Å². The molecule has 0 aromatic carbocycles. The fourth-order valence-electron chi connectivity index (χ4n) is 8.39. The highest BCUT2D eigenvalue weighted by molar-refractivity contribution is 5.90. The van der Waals surface area contributed by atoms with Crippen molar-refractivity contribution in [3.05, 3.63) is 67.5 Å². The number of amides is 2. The lowest BCUT2D eigenvalue weighted by Crippen LogP contribution is -2.57. The second-order valence-corrected chi connectivity index (χ2v) is 18.7. The lowest BCUT2D eigenvalue weighted by atomic mass is 9.88. The van der Waals surface area contributed by atoms with E-state index in [2.05, 4.69) is 40.7 Å². The molecule has 0 saturated heterocycles. The summed E-state index contributed by atoms with van der Waals surface area (Å²) in [4.78, 5) is 74.8. The number of aliphatic carboxylic acids is 1. The first-order valence-electron chi connectivity index (χ1n) is 26.9. The van der Waals surface area contributed by atoms with Crippen LogP contribution in [0.2, 0.25) is 0 Å². The van der Waals surface area contributed by atoms with Gasteiger partial charge in [0.1, 0.15) is 6.23 Å². The Kier molecular flexibility index (Phi) is 35.5. The van der Waals surface area contributed by atoms with Gasteiger partial charge in [-0.25, -0.2) is 19.2 Å². The van der Waals surface area contributed by atoms with Crippen molar-refractivity contribution >= 4 is 35.7 Å². The lowest BCUT2D eigenvalue weighted by molar-refractivity contribution is -0.137. The van der Waals surface area contributed by atoms with E-state index in [-0.39, 0.29) is 60.8 Å². The van der Waals surface area contributed by atoms with Crippen LogP contribution in [0, 0.1) is 0 Å². The number of carboxylic acids is 1. The van der Waals surface area contributed by atoms with Gasteiger partial charge in [0.05, 0.1) is 76.0 Å². The van der Waals surface area contributed by atoms with Crippen LogP contribution in [-0.4, -0.2) is 173 Å². The van der Waals surface area contributed by atoms with Crippen molar-refractivity contribution in [3.63, 3.8) is 0 Å². The quantitative estimate of drug-likeness (QED) is 0.0161. The van der Waals surface area contributed by atoms with Crippen molar-refractivity contribution in [2.75, 3.05) is 47.8 Å². The molecule has 11 N–H and O–H groups in total. The van der Waals surface area contributed by atoms with Gasteiger partial charge in [-0.2, -0.15) is 0 Å². The molecule has 446 valence electrons. The molecule has 0 spiro atoms. The summed E-state index contributed by atoms with van der Waals surface area (Å²) in [6, 6.07) is -3.38. The van der Waals surface area contributed by atoms with Crippen molar-refractivity contribution in [2.24, 2.45) is 27.4 Å². The van der Waals surface area contributed by atoms with Crippen LogP contribution in [-0.2, 0) is 61.9 Å². The molecule has 4 aliphatic rings. The highest BCUT2D eigenvalue weighted by Crippen LogP contribution is 2.27. The summed E-state index contributed by atoms with van der Waals surface area (Å²) in [6.07, 6.45) is 9.88. The average Bonchev–Trinajstić information content (AvgIpc) is 3.48. The Morgan fingerprint density at radius 1 is 0.570 bits per heavy atom. The summed E-state index contributed by atoms with van der Waals surface area (Å²) in [7, 11) is 3.93. The molecule has 4 aliphatic carbocycles. The molecule has 0 aromatic heterocycles. The average molecular weight is 1120 g/mol. The van der Waals surface area contributed by atoms with Crippen LogP contribution in [0.3, 0.4) is 0 Å². The summed E-state index contributed by atoms with van der Waals surface area (Å²) < 4.78 is 36.7. The zero-order valence-electron chi connectivity index (χ0n) is 47.5. The van der Waals surface area contributed by atoms with Gasteiger partial charge in [-0.05, 0) is 93.2 Å². The molecule has 27 heteroatoms. The zero-order valence-corrected chi connectivity index (χ0v) is 47.5. The predicted molar refractivity (Wildman–Crippen MR) is 292 cm³/mol. The number of nitrogens with one attached hydrogen (secondary N) is 3. The number of carbonyl (C=O) groups excluding carboxylic acids is 5. The Labute approximate surface area is 463 Å². The molecule has 0 fully saturated rings. The predicted octanol–water partition coefficient (Wildman–Crippen LogP) is 3.87. The van der Waals surface area contributed by atoms with Gasteiger partial charge in [-0.15, -0.1) is 0 Å². The van der Waals surface area contributed by atoms with E-state index in [1.54, 1.807) is 38.2 Å². The van der Waals surface area contributed by atoms with E-state index in [1.165, 1.54) is 21.3 Å². The highest BCUT2D eigenvalue weighted by atomic mass is 16.5. The third-order valence-corrected chi connectivity index (χ3v) is 12.6. The molecule has 13 atom stereocenters. The topological polar surface area (TPSA) is 419 Å². The molecule has 79 heavy (non-hydrogen) atoms. The minimum absolute atomic E-state index is 0.0783. The molecule has 27 nitrogen and oxygen atoms in total. The van der Waals surface area contributed by atoms with Crippen LogP contribution < -0.4 is 33.2 Å². The molecule has 0 saturated carbocycles. The van der Waals surface area contributed by atoms with E-state index in [0.29, 0.717) is 68.8 Å². The molecule has 0 aromatic rings. The number of azide groups is 2. The molecule has 0 aliphatic heterocycles. The van der Waals surface area contributed by atoms with Crippen molar-refractivity contribution < 1.29 is 72.1 Å². The van der Waals surface area contributed by atoms with E-state index in [1.807, 2.05) is 34.6 Å². The Morgan fingerprint density at radius 2 is 0.924 bits per heavy atom. The van der Waals surface area contributed by atoms with Crippen LogP contribution in [0.15, 0.2) is 56.8 Å². The van der Waals surface area contributed by atoms with Gasteiger partial charge < -0.3 is 71.2 Å². The molecular formula is C52H88N12O15. The lowest BCUT2D eigenvalue weighted by Gasteiger charge is -2.36. The first kappa shape index (κ1) is 71.1. The number of aliphatic hydroxyl groups is 1. The van der Waals surface area contributed by atoms with Gasteiger partial charge in [-0.1, -0.05) is 58.7 Å². The minimum atomic E-state index is -0.963. The number of hydrogen-bond acceptors (Lipinski definition) is 20. The van der Waals surface area contributed by atoms with Crippen molar-refractivity contribution in [1.29, 1.82) is 0 Å². The normalized spacial score (nSPS) is 26.3. The number of nitrogens with zero attached hydrogens (tertiary/aromatic N) is 6. The third kappa shape index (κ3) is 24.5. The third-order valence-electron chi connectivity index (χ3n) is 12.6. The van der Waals surface area contributed by atoms with E-state index >= 15 is 0 Å². The summed E-state index contributed by atoms with van der Waals surface area (Å²) in [5, 5.41) is 34.8. The number of carbonyl (C=O) groups is 6. The first-order chi connectivity index (χ1) is 37.7. The second-order valence-electron chi connectivity index (χ2n) is 18.7. The Balaban J connectivity index is 0.000000528. The fourth-order valence-corrected chi connectivity index (χ4v) is 8.39. The van der Waals surface area contributed by atoms with Crippen molar-refractivity contribution in [3.8, 4) is 0 Å². The van der Waals surface area contributed by atoms with Crippen LogP contribution in [0.5, 0.6) is 0 Å². The fraction of sp³-hybridized carbons (Fsp3) is 0.731. The first-order valence-corrected chi connectivity index (χ1v) is 26.9. The maximum absolute atomic E-state index is 11.8. The highest BCUT2D eigenvalue weighted by Gasteiger charge is 2.39. The van der Waals surface area contributed by atoms with Crippen LogP contribution in [0.1, 0.15) is 119 Å². The maximum atomic E-state index is 11.8. The minimum Gasteiger partial charge on any atom is -0.478 e. The molecule has 0 radical (unpaired) electrons. The SMILES string of the molecule is CCCO[C@@H]1C=C(C(=O)O)C[C@H](N)[C@H]1N[C@H](O)CC.CCCO[C@@H]1C=C(C(=O)OC)C[C@H](N)[C@H]1NC(=O)CC.CCCO[C@@H]1C=C(C(=O)OC)C[C@H](N=[N+]=[N-])[C@H]1N.CCCO[C@@H]1C=C(C(=O)OC)C[C@H](N=[N+]=[N-])[C@H]1NC(=O)CC. The van der Waals surface area contributed by atoms with Crippen LogP contribution in [0.25, 0.3) is 20.9 Å². The Morgan fingerprint density at radius 3 is 1.34 bits per heavy atom. The van der Waals surface area contributed by atoms with Crippen LogP contribution in [0.4, 0.5) is 0 Å². The number of hydrogen-bond donors (Lipinski definition) is 8. The Hall–Kier alpha value is -5.96. The van der Waals surface area contributed by atoms with Crippen LogP contribution >= 0.6 is 0 Å². The molecule has 0 bridgehead atoms. The smallest absolute Gasteiger partial charge is 0.333 e. The van der Waals surface area contributed by atoms with Gasteiger partial charge in [0.15, 0.2) is 0 Å². The van der Waals surface area contributed by atoms with E-state index in [9.17, 15) is 33.9 Å². The standard InChI is InChI=1S/C14H22N4O4.C14H24N2O4.C13H24N2O4.C11H18N4O3/c1-4-6-22-11-8-9(14(20)21-3)7-10(17-18-15)13(11)16-12(19)5-2;1-4-6-20-11-8-9(14(18)19-3)7-10(15)13(11)16-12(17)5-2;1-3-5-19-10-7-8(13(17)18)6-9(14)12(10)15-11(16)4-2;1-3-4-18-9-6-7(11(16)17-2)5-8(10(9)12)14-15-13/h8,10-11,13H,4-7H2,1-3H3,(H,16,19);8,10-11,13H,4-7,15H2,1-3H3,(H,16,17);7,9-12,15-16H,3-6,14H2,1-2H3,(H,17,18);6,8-10H,3-5,12H2,1-2H3/t2*10-,11+,13+;9-,10+,11+,12+;8-,9+,10+/m0000/s1. The number of methoxy groups -OCH3 is 3. The Bertz CT molecular complexity index is 2170. The van der Waals surface area contributed by atoms with Gasteiger partial charge >= 0.3 is 23.9 Å². The van der Waals surface area contributed by atoms with Gasteiger partial charge in [0.2, 0.25) is 11.8 Å². The number of aliphatic hydroxyl groups excluding tert-OH is 1. The van der Waals surface area contributed by atoms with Gasteiger partial charge in [0.25, 0.3) is 0 Å². The summed E-state index contributed by atoms with van der Waals surface area (Å²) in [6.45, 7) is 15.3. The number of esters is 3. The number of rotatable bonds is 25. The van der Waals surface area contributed by atoms with E-state index in [4.69, 9.17) is 61.8 Å². The van der Waals surface area contributed by atoms with Crippen molar-refractivity contribution in [1.82, 2.24) is 16.0 Å². The summed E-state index contributed by atoms with van der Waals surface area (Å²) in [5.74, 6) is -2.52. The van der Waals surface area contributed by atoms with E-state index < -0.39 is 78.7 Å². The molecule has 2 amide bonds. The number of ether oxygens (including phenoxy) is 7.